The van der Waals surface area contributed by atoms with Gasteiger partial charge in [0.2, 0.25) is 0 Å². The van der Waals surface area contributed by atoms with Crippen molar-refractivity contribution in [3.63, 3.8) is 0 Å². The number of nitrogens with two attached hydrogens (primary N) is 1. The fourth-order valence-electron chi connectivity index (χ4n) is 1.78. The molecule has 0 saturated carbocycles. The second-order valence-electron chi connectivity index (χ2n) is 4.88. The van der Waals surface area contributed by atoms with E-state index in [1.54, 1.807) is 0 Å². The van der Waals surface area contributed by atoms with Crippen LogP contribution in [0.5, 0.6) is 0 Å². The van der Waals surface area contributed by atoms with Crippen molar-refractivity contribution in [2.45, 2.75) is 39.7 Å². The van der Waals surface area contributed by atoms with Crippen molar-refractivity contribution in [1.29, 1.82) is 0 Å². The summed E-state index contributed by atoms with van der Waals surface area (Å²) in [5.41, 5.74) is 7.48. The van der Waals surface area contributed by atoms with Gasteiger partial charge in [-0.15, -0.1) is 0 Å². The summed E-state index contributed by atoms with van der Waals surface area (Å²) in [6.45, 7) is 6.78. The molecule has 0 aliphatic carbocycles. The molecule has 0 bridgehead atoms. The van der Waals surface area contributed by atoms with Crippen LogP contribution in [0.3, 0.4) is 0 Å². The molecule has 0 saturated heterocycles. The fourth-order valence-corrected chi connectivity index (χ4v) is 1.78. The first-order chi connectivity index (χ1) is 7.11. The van der Waals surface area contributed by atoms with Crippen molar-refractivity contribution in [3.05, 3.63) is 35.9 Å². The van der Waals surface area contributed by atoms with Crippen LogP contribution in [0.4, 0.5) is 0 Å². The maximum absolute atomic E-state index is 6.22. The zero-order valence-electron chi connectivity index (χ0n) is 10.1. The molecule has 84 valence electrons. The van der Waals surface area contributed by atoms with Crippen molar-refractivity contribution < 1.29 is 0 Å². The Morgan fingerprint density at radius 2 is 1.60 bits per heavy atom. The highest BCUT2D eigenvalue weighted by Crippen LogP contribution is 2.24. The lowest BCUT2D eigenvalue weighted by Crippen LogP contribution is -2.19. The molecule has 0 spiro atoms. The van der Waals surface area contributed by atoms with E-state index in [0.29, 0.717) is 5.92 Å². The molecule has 0 radical (unpaired) electrons. The molecule has 1 rings (SSSR count). The summed E-state index contributed by atoms with van der Waals surface area (Å²) in [4.78, 5) is 0. The monoisotopic (exact) mass is 205 g/mol. The predicted octanol–water partition coefficient (Wildman–Crippen LogP) is 3.76. The molecule has 1 heteroatoms. The highest BCUT2D eigenvalue weighted by molar-refractivity contribution is 5.18. The molecular weight excluding hydrogens is 182 g/mol. The topological polar surface area (TPSA) is 26.0 Å². The van der Waals surface area contributed by atoms with Gasteiger partial charge in [-0.05, 0) is 23.8 Å². The molecule has 0 aromatic heterocycles. The van der Waals surface area contributed by atoms with Crippen LogP contribution in [0.15, 0.2) is 30.3 Å². The first-order valence-electron chi connectivity index (χ1n) is 5.91. The van der Waals surface area contributed by atoms with E-state index in [1.165, 1.54) is 18.4 Å². The predicted molar refractivity (Wildman–Crippen MR) is 66.6 cm³/mol. The average molecular weight is 205 g/mol. The molecule has 1 aromatic rings. The molecular formula is C14H23N. The van der Waals surface area contributed by atoms with E-state index in [9.17, 15) is 0 Å². The first-order valence-corrected chi connectivity index (χ1v) is 5.91. The molecule has 0 aliphatic heterocycles. The lowest BCUT2D eigenvalue weighted by Gasteiger charge is -2.21. The van der Waals surface area contributed by atoms with E-state index >= 15 is 0 Å². The molecule has 1 aromatic carbocycles. The van der Waals surface area contributed by atoms with Gasteiger partial charge in [-0.25, -0.2) is 0 Å². The van der Waals surface area contributed by atoms with E-state index in [-0.39, 0.29) is 6.04 Å². The van der Waals surface area contributed by atoms with Gasteiger partial charge in [0, 0.05) is 6.04 Å². The highest BCUT2D eigenvalue weighted by atomic mass is 14.6. The van der Waals surface area contributed by atoms with Crippen molar-refractivity contribution >= 4 is 0 Å². The van der Waals surface area contributed by atoms with Crippen molar-refractivity contribution in [2.75, 3.05) is 0 Å². The van der Waals surface area contributed by atoms with Crippen molar-refractivity contribution in [1.82, 2.24) is 0 Å². The Morgan fingerprint density at radius 1 is 1.00 bits per heavy atom. The number of rotatable bonds is 5. The summed E-state index contributed by atoms with van der Waals surface area (Å²) in [5.74, 6) is 1.34. The van der Waals surface area contributed by atoms with Gasteiger partial charge in [0.25, 0.3) is 0 Å². The van der Waals surface area contributed by atoms with E-state index in [1.807, 2.05) is 6.07 Å². The summed E-state index contributed by atoms with van der Waals surface area (Å²) in [6, 6.07) is 10.6. The SMILES string of the molecule is CC(C)CCC(C)C(N)c1ccccc1. The van der Waals surface area contributed by atoms with Crippen LogP contribution in [0.1, 0.15) is 45.2 Å². The van der Waals surface area contributed by atoms with Crippen molar-refractivity contribution in [2.24, 2.45) is 17.6 Å². The minimum atomic E-state index is 0.185. The molecule has 2 atom stereocenters. The van der Waals surface area contributed by atoms with Crippen LogP contribution in [-0.2, 0) is 0 Å². The van der Waals surface area contributed by atoms with E-state index in [4.69, 9.17) is 5.73 Å². The maximum Gasteiger partial charge on any atom is 0.0320 e. The zero-order chi connectivity index (χ0) is 11.3. The third-order valence-corrected chi connectivity index (χ3v) is 3.00. The Bertz CT molecular complexity index is 266. The van der Waals surface area contributed by atoms with Gasteiger partial charge in [0.15, 0.2) is 0 Å². The standard InChI is InChI=1S/C14H23N/c1-11(2)9-10-12(3)14(15)13-7-5-4-6-8-13/h4-8,11-12,14H,9-10,15H2,1-3H3. The minimum absolute atomic E-state index is 0.185. The molecule has 15 heavy (non-hydrogen) atoms. The van der Waals surface area contributed by atoms with Gasteiger partial charge in [0.1, 0.15) is 0 Å². The van der Waals surface area contributed by atoms with E-state index < -0.39 is 0 Å². The first kappa shape index (κ1) is 12.3. The molecule has 2 unspecified atom stereocenters. The Labute approximate surface area is 93.7 Å². The van der Waals surface area contributed by atoms with Crippen LogP contribution in [0.2, 0.25) is 0 Å². The average Bonchev–Trinajstić information content (AvgIpc) is 2.26. The third kappa shape index (κ3) is 4.05. The van der Waals surface area contributed by atoms with Crippen LogP contribution in [0.25, 0.3) is 0 Å². The molecule has 2 N–H and O–H groups in total. The number of hydrogen-bond acceptors (Lipinski definition) is 1. The molecule has 0 fully saturated rings. The van der Waals surface area contributed by atoms with Gasteiger partial charge in [-0.1, -0.05) is 57.5 Å². The lowest BCUT2D eigenvalue weighted by atomic mass is 9.89. The van der Waals surface area contributed by atoms with Gasteiger partial charge >= 0.3 is 0 Å². The Morgan fingerprint density at radius 3 is 2.13 bits per heavy atom. The second kappa shape index (κ2) is 5.92. The quantitative estimate of drug-likeness (QED) is 0.778. The molecule has 0 amide bonds. The van der Waals surface area contributed by atoms with Crippen LogP contribution >= 0.6 is 0 Å². The zero-order valence-corrected chi connectivity index (χ0v) is 10.1. The van der Waals surface area contributed by atoms with Gasteiger partial charge in [0.05, 0.1) is 0 Å². The van der Waals surface area contributed by atoms with E-state index in [2.05, 4.69) is 45.0 Å². The smallest absolute Gasteiger partial charge is 0.0320 e. The van der Waals surface area contributed by atoms with Gasteiger partial charge < -0.3 is 5.73 Å². The number of hydrogen-bond donors (Lipinski definition) is 1. The minimum Gasteiger partial charge on any atom is -0.324 e. The Hall–Kier alpha value is -0.820. The molecule has 0 heterocycles. The van der Waals surface area contributed by atoms with Gasteiger partial charge in [-0.2, -0.15) is 0 Å². The summed E-state index contributed by atoms with van der Waals surface area (Å²) < 4.78 is 0. The summed E-state index contributed by atoms with van der Waals surface area (Å²) in [5, 5.41) is 0. The second-order valence-corrected chi connectivity index (χ2v) is 4.88. The van der Waals surface area contributed by atoms with E-state index in [0.717, 1.165) is 5.92 Å². The largest absolute Gasteiger partial charge is 0.324 e. The van der Waals surface area contributed by atoms with Crippen LogP contribution in [-0.4, -0.2) is 0 Å². The molecule has 1 nitrogen and oxygen atoms in total. The van der Waals surface area contributed by atoms with Gasteiger partial charge in [-0.3, -0.25) is 0 Å². The lowest BCUT2D eigenvalue weighted by molar-refractivity contribution is 0.393. The number of benzene rings is 1. The normalized spacial score (nSPS) is 15.3. The third-order valence-electron chi connectivity index (χ3n) is 3.00. The summed E-state index contributed by atoms with van der Waals surface area (Å²) >= 11 is 0. The van der Waals surface area contributed by atoms with Crippen molar-refractivity contribution in [3.8, 4) is 0 Å². The Balaban J connectivity index is 2.49. The summed E-state index contributed by atoms with van der Waals surface area (Å²) in [6.07, 6.45) is 2.48. The van der Waals surface area contributed by atoms with Crippen LogP contribution < -0.4 is 5.73 Å². The maximum atomic E-state index is 6.22. The highest BCUT2D eigenvalue weighted by Gasteiger charge is 2.14. The van der Waals surface area contributed by atoms with Crippen LogP contribution in [0, 0.1) is 11.8 Å². The Kier molecular flexibility index (Phi) is 4.83. The molecule has 0 aliphatic rings. The summed E-state index contributed by atoms with van der Waals surface area (Å²) in [7, 11) is 0. The fraction of sp³-hybridized carbons (Fsp3) is 0.571.